The largest absolute Gasteiger partial charge is 0.379 e. The summed E-state index contributed by atoms with van der Waals surface area (Å²) in [6.07, 6.45) is 3.94. The highest BCUT2D eigenvalue weighted by Crippen LogP contribution is 2.19. The fraction of sp³-hybridized carbons (Fsp3) is 0.647. The van der Waals surface area contributed by atoms with Gasteiger partial charge in [0.1, 0.15) is 5.82 Å². The van der Waals surface area contributed by atoms with Crippen LogP contribution in [0.5, 0.6) is 0 Å². The van der Waals surface area contributed by atoms with Crippen molar-refractivity contribution in [2.24, 2.45) is 0 Å². The fourth-order valence-electron chi connectivity index (χ4n) is 3.23. The Morgan fingerprint density at radius 3 is 2.78 bits per heavy atom. The van der Waals surface area contributed by atoms with Crippen LogP contribution in [0.15, 0.2) is 18.3 Å². The molecule has 0 aliphatic carbocycles. The summed E-state index contributed by atoms with van der Waals surface area (Å²) in [7, 11) is 0. The van der Waals surface area contributed by atoms with Crippen LogP contribution in [0.1, 0.15) is 30.1 Å². The second-order valence-electron chi connectivity index (χ2n) is 6.36. The number of carbonyl (C=O) groups is 1. The summed E-state index contributed by atoms with van der Waals surface area (Å²) in [5.74, 6) is 0.793. The average molecular weight is 318 g/mol. The molecule has 3 heterocycles. The van der Waals surface area contributed by atoms with Crippen LogP contribution in [0.4, 0.5) is 5.82 Å². The molecule has 3 rings (SSSR count). The van der Waals surface area contributed by atoms with E-state index in [1.165, 1.54) is 0 Å². The van der Waals surface area contributed by atoms with Gasteiger partial charge in [0.2, 0.25) is 0 Å². The molecule has 2 saturated heterocycles. The predicted octanol–water partition coefficient (Wildman–Crippen LogP) is 1.45. The molecule has 0 saturated carbocycles. The number of nitrogens with zero attached hydrogens (tertiary/aromatic N) is 3. The van der Waals surface area contributed by atoms with Crippen molar-refractivity contribution < 1.29 is 9.53 Å². The van der Waals surface area contributed by atoms with Crippen molar-refractivity contribution in [1.82, 2.24) is 14.8 Å². The lowest BCUT2D eigenvalue weighted by Gasteiger charge is -2.30. The van der Waals surface area contributed by atoms with E-state index < -0.39 is 0 Å². The summed E-state index contributed by atoms with van der Waals surface area (Å²) in [6.45, 7) is 8.31. The summed E-state index contributed by atoms with van der Waals surface area (Å²) in [6, 6.07) is 3.94. The van der Waals surface area contributed by atoms with E-state index in [9.17, 15) is 4.79 Å². The number of hydrogen-bond donors (Lipinski definition) is 1. The second-order valence-corrected chi connectivity index (χ2v) is 6.36. The number of ether oxygens (including phenoxy) is 1. The molecule has 1 amide bonds. The standard InChI is InChI=1S/C17H26N4O2/c1-14(13-20-9-11-23-12-10-20)19-16-15(5-4-6-18-16)17(22)21-7-2-3-8-21/h4-6,14H,2-3,7-13H2,1H3,(H,18,19). The van der Waals surface area contributed by atoms with Crippen LogP contribution in [-0.2, 0) is 4.74 Å². The maximum absolute atomic E-state index is 12.7. The van der Waals surface area contributed by atoms with Gasteiger partial charge in [0.15, 0.2) is 0 Å². The highest BCUT2D eigenvalue weighted by Gasteiger charge is 2.23. The van der Waals surface area contributed by atoms with Crippen LogP contribution in [0.25, 0.3) is 0 Å². The lowest BCUT2D eigenvalue weighted by molar-refractivity contribution is 0.0368. The van der Waals surface area contributed by atoms with E-state index in [0.29, 0.717) is 11.4 Å². The van der Waals surface area contributed by atoms with Crippen molar-refractivity contribution >= 4 is 11.7 Å². The number of nitrogens with one attached hydrogen (secondary N) is 1. The van der Waals surface area contributed by atoms with Crippen molar-refractivity contribution in [3.05, 3.63) is 23.9 Å². The van der Waals surface area contributed by atoms with E-state index in [4.69, 9.17) is 4.74 Å². The van der Waals surface area contributed by atoms with Crippen molar-refractivity contribution in [2.75, 3.05) is 51.3 Å². The Morgan fingerprint density at radius 2 is 2.04 bits per heavy atom. The molecule has 126 valence electrons. The number of aromatic nitrogens is 1. The van der Waals surface area contributed by atoms with E-state index in [0.717, 1.165) is 58.8 Å². The predicted molar refractivity (Wildman–Crippen MR) is 89.7 cm³/mol. The van der Waals surface area contributed by atoms with Crippen LogP contribution in [-0.4, -0.2) is 72.7 Å². The van der Waals surface area contributed by atoms with Crippen molar-refractivity contribution in [3.63, 3.8) is 0 Å². The fourth-order valence-corrected chi connectivity index (χ4v) is 3.23. The first-order valence-corrected chi connectivity index (χ1v) is 8.55. The summed E-state index contributed by atoms with van der Waals surface area (Å²) in [4.78, 5) is 21.4. The second kappa shape index (κ2) is 7.75. The maximum Gasteiger partial charge on any atom is 0.257 e. The van der Waals surface area contributed by atoms with E-state index in [1.54, 1.807) is 6.20 Å². The van der Waals surface area contributed by atoms with Crippen LogP contribution in [0.2, 0.25) is 0 Å². The Balaban J connectivity index is 1.63. The molecule has 6 nitrogen and oxygen atoms in total. The summed E-state index contributed by atoms with van der Waals surface area (Å²) in [5, 5.41) is 3.42. The summed E-state index contributed by atoms with van der Waals surface area (Å²) in [5.41, 5.74) is 0.684. The van der Waals surface area contributed by atoms with Gasteiger partial charge in [0.05, 0.1) is 18.8 Å². The Morgan fingerprint density at radius 1 is 1.30 bits per heavy atom. The molecule has 1 N–H and O–H groups in total. The van der Waals surface area contributed by atoms with Gasteiger partial charge >= 0.3 is 0 Å². The minimum Gasteiger partial charge on any atom is -0.379 e. The zero-order valence-electron chi connectivity index (χ0n) is 13.8. The van der Waals surface area contributed by atoms with Gasteiger partial charge in [-0.2, -0.15) is 0 Å². The topological polar surface area (TPSA) is 57.7 Å². The van der Waals surface area contributed by atoms with Crippen molar-refractivity contribution in [3.8, 4) is 0 Å². The van der Waals surface area contributed by atoms with E-state index in [-0.39, 0.29) is 11.9 Å². The van der Waals surface area contributed by atoms with Crippen LogP contribution in [0.3, 0.4) is 0 Å². The minimum atomic E-state index is 0.0941. The zero-order chi connectivity index (χ0) is 16.1. The highest BCUT2D eigenvalue weighted by molar-refractivity contribution is 5.98. The van der Waals surface area contributed by atoms with E-state index in [2.05, 4.69) is 22.1 Å². The molecular formula is C17H26N4O2. The molecule has 1 aromatic rings. The van der Waals surface area contributed by atoms with Crippen molar-refractivity contribution in [1.29, 1.82) is 0 Å². The SMILES string of the molecule is CC(CN1CCOCC1)Nc1ncccc1C(=O)N1CCCC1. The molecule has 1 unspecified atom stereocenters. The normalized spacial score (nSPS) is 20.5. The Labute approximate surface area is 137 Å². The third-order valence-corrected chi connectivity index (χ3v) is 4.45. The molecule has 0 aromatic carbocycles. The summed E-state index contributed by atoms with van der Waals surface area (Å²) < 4.78 is 5.38. The molecule has 2 aliphatic heterocycles. The molecule has 2 fully saturated rings. The first kappa shape index (κ1) is 16.2. The number of anilines is 1. The Hall–Kier alpha value is -1.66. The van der Waals surface area contributed by atoms with Crippen LogP contribution >= 0.6 is 0 Å². The quantitative estimate of drug-likeness (QED) is 0.890. The van der Waals surface area contributed by atoms with Gasteiger partial charge in [-0.15, -0.1) is 0 Å². The van der Waals surface area contributed by atoms with Gasteiger partial charge in [0, 0.05) is 45.0 Å². The Kier molecular flexibility index (Phi) is 5.46. The molecule has 1 atom stereocenters. The number of likely N-dealkylation sites (tertiary alicyclic amines) is 1. The van der Waals surface area contributed by atoms with Gasteiger partial charge in [-0.25, -0.2) is 4.98 Å². The van der Waals surface area contributed by atoms with Crippen LogP contribution < -0.4 is 5.32 Å². The van der Waals surface area contributed by atoms with Gasteiger partial charge in [-0.1, -0.05) is 0 Å². The van der Waals surface area contributed by atoms with Gasteiger partial charge in [-0.3, -0.25) is 9.69 Å². The lowest BCUT2D eigenvalue weighted by Crippen LogP contribution is -2.42. The molecule has 23 heavy (non-hydrogen) atoms. The molecule has 0 spiro atoms. The number of morpholine rings is 1. The molecule has 6 heteroatoms. The van der Waals surface area contributed by atoms with E-state index in [1.807, 2.05) is 17.0 Å². The first-order chi connectivity index (χ1) is 11.2. The first-order valence-electron chi connectivity index (χ1n) is 8.55. The third-order valence-electron chi connectivity index (χ3n) is 4.45. The molecule has 1 aromatic heterocycles. The summed E-state index contributed by atoms with van der Waals surface area (Å²) >= 11 is 0. The number of amides is 1. The van der Waals surface area contributed by atoms with Gasteiger partial charge in [0.25, 0.3) is 5.91 Å². The number of carbonyl (C=O) groups excluding carboxylic acids is 1. The van der Waals surface area contributed by atoms with Gasteiger partial charge < -0.3 is 15.0 Å². The minimum absolute atomic E-state index is 0.0941. The number of rotatable bonds is 5. The number of pyridine rings is 1. The molecular weight excluding hydrogens is 292 g/mol. The monoisotopic (exact) mass is 318 g/mol. The maximum atomic E-state index is 12.7. The molecule has 0 bridgehead atoms. The van der Waals surface area contributed by atoms with E-state index >= 15 is 0 Å². The molecule has 2 aliphatic rings. The average Bonchev–Trinajstić information content (AvgIpc) is 3.10. The van der Waals surface area contributed by atoms with Gasteiger partial charge in [-0.05, 0) is 31.9 Å². The van der Waals surface area contributed by atoms with Crippen LogP contribution in [0, 0.1) is 0 Å². The highest BCUT2D eigenvalue weighted by atomic mass is 16.5. The zero-order valence-corrected chi connectivity index (χ0v) is 13.8. The van der Waals surface area contributed by atoms with Crippen molar-refractivity contribution in [2.45, 2.75) is 25.8 Å². The number of hydrogen-bond acceptors (Lipinski definition) is 5. The smallest absolute Gasteiger partial charge is 0.257 e. The molecule has 0 radical (unpaired) electrons. The lowest BCUT2D eigenvalue weighted by atomic mass is 10.2. The third kappa shape index (κ3) is 4.20. The Bertz CT molecular complexity index is 525.